The molecule has 10 heteroatoms. The van der Waals surface area contributed by atoms with Crippen LogP contribution in [0.25, 0.3) is 43.8 Å². The van der Waals surface area contributed by atoms with Crippen LogP contribution in [0.3, 0.4) is 0 Å². The Kier molecular flexibility index (Phi) is 7.26. The molecule has 0 bridgehead atoms. The van der Waals surface area contributed by atoms with Gasteiger partial charge >= 0.3 is 0 Å². The molecule has 2 N–H and O–H groups in total. The lowest BCUT2D eigenvalue weighted by atomic mass is 9.89. The van der Waals surface area contributed by atoms with E-state index in [9.17, 15) is 5.26 Å². The Morgan fingerprint density at radius 2 is 1.95 bits per heavy atom. The Labute approximate surface area is 256 Å². The van der Waals surface area contributed by atoms with Gasteiger partial charge in [-0.25, -0.2) is 9.37 Å². The summed E-state index contributed by atoms with van der Waals surface area (Å²) in [6, 6.07) is 6.83. The molecule has 2 fully saturated rings. The number of halogens is 1. The molecule has 3 aromatic heterocycles. The number of hydrogen-bond acceptors (Lipinski definition) is 7. The molecule has 9 nitrogen and oxygen atoms in total. The van der Waals surface area contributed by atoms with Crippen molar-refractivity contribution < 1.29 is 9.13 Å². The molecule has 0 radical (unpaired) electrons. The molecule has 7 rings (SSSR count). The lowest BCUT2D eigenvalue weighted by Crippen LogP contribution is -2.38. The van der Waals surface area contributed by atoms with Gasteiger partial charge in [-0.15, -0.1) is 0 Å². The highest BCUT2D eigenvalue weighted by molar-refractivity contribution is 6.09. The van der Waals surface area contributed by atoms with Gasteiger partial charge in [-0.2, -0.15) is 15.5 Å². The lowest BCUT2D eigenvalue weighted by Gasteiger charge is -2.30. The molecule has 5 aromatic rings. The lowest BCUT2D eigenvalue weighted by molar-refractivity contribution is 0.119. The van der Waals surface area contributed by atoms with Crippen molar-refractivity contribution in [2.24, 2.45) is 0 Å². The molecule has 2 saturated heterocycles. The highest BCUT2D eigenvalue weighted by Crippen LogP contribution is 2.43. The molecule has 1 unspecified atom stereocenters. The number of likely N-dealkylation sites (tertiary alicyclic amines) is 1. The number of nitrogens with zero attached hydrogens (tertiary/aromatic N) is 6. The van der Waals surface area contributed by atoms with E-state index in [0.29, 0.717) is 17.9 Å². The summed E-state index contributed by atoms with van der Waals surface area (Å²) in [5.74, 6) is 0.0474. The van der Waals surface area contributed by atoms with E-state index in [-0.39, 0.29) is 35.6 Å². The summed E-state index contributed by atoms with van der Waals surface area (Å²) in [5, 5.41) is 27.4. The molecule has 0 spiro atoms. The van der Waals surface area contributed by atoms with Gasteiger partial charge in [0, 0.05) is 28.4 Å². The first kappa shape index (κ1) is 28.7. The second-order valence-electron chi connectivity index (χ2n) is 12.8. The van der Waals surface area contributed by atoms with E-state index in [4.69, 9.17) is 14.8 Å². The number of pyridine rings is 1. The molecule has 0 saturated carbocycles. The highest BCUT2D eigenvalue weighted by Gasteiger charge is 2.31. The van der Waals surface area contributed by atoms with Crippen molar-refractivity contribution in [1.29, 1.82) is 5.26 Å². The second kappa shape index (κ2) is 11.1. The minimum atomic E-state index is -0.367. The van der Waals surface area contributed by atoms with Crippen LogP contribution in [0.4, 0.5) is 4.39 Å². The van der Waals surface area contributed by atoms with E-state index in [1.54, 1.807) is 6.20 Å². The van der Waals surface area contributed by atoms with Crippen LogP contribution in [0.5, 0.6) is 5.88 Å². The van der Waals surface area contributed by atoms with Crippen molar-refractivity contribution in [2.75, 3.05) is 20.1 Å². The van der Waals surface area contributed by atoms with Crippen molar-refractivity contribution in [1.82, 2.24) is 35.2 Å². The summed E-state index contributed by atoms with van der Waals surface area (Å²) < 4.78 is 25.9. The van der Waals surface area contributed by atoms with Gasteiger partial charge in [-0.05, 0) is 108 Å². The summed E-state index contributed by atoms with van der Waals surface area (Å²) in [6.45, 7) is 9.95. The number of ether oxygens (including phenoxy) is 1. The third-order valence-electron chi connectivity index (χ3n) is 10.0. The molecule has 228 valence electrons. The fraction of sp³-hybridized carbons (Fsp3) is 0.471. The number of H-pyrrole nitrogens is 1. The van der Waals surface area contributed by atoms with Crippen LogP contribution in [-0.2, 0) is 0 Å². The van der Waals surface area contributed by atoms with E-state index in [2.05, 4.69) is 52.6 Å². The van der Waals surface area contributed by atoms with Gasteiger partial charge in [0.05, 0.1) is 47.3 Å². The van der Waals surface area contributed by atoms with E-state index < -0.39 is 0 Å². The number of aromatic nitrogens is 5. The number of aryl methyl sites for hydroxylation is 2. The third kappa shape index (κ3) is 4.61. The first-order chi connectivity index (χ1) is 21.3. The minimum Gasteiger partial charge on any atom is -0.472 e. The smallest absolute Gasteiger partial charge is 0.225 e. The van der Waals surface area contributed by atoms with Crippen LogP contribution in [0.15, 0.2) is 24.5 Å². The van der Waals surface area contributed by atoms with Gasteiger partial charge in [0.25, 0.3) is 0 Å². The number of nitriles is 1. The number of rotatable bonds is 6. The predicted octanol–water partition coefficient (Wildman–Crippen LogP) is 6.26. The average molecular weight is 595 g/mol. The van der Waals surface area contributed by atoms with Crippen molar-refractivity contribution in [3.05, 3.63) is 47.0 Å². The second-order valence-corrected chi connectivity index (χ2v) is 12.8. The Hall–Kier alpha value is -4.07. The first-order valence-corrected chi connectivity index (χ1v) is 15.7. The van der Waals surface area contributed by atoms with E-state index in [0.717, 1.165) is 88.2 Å². The summed E-state index contributed by atoms with van der Waals surface area (Å²) in [4.78, 5) is 7.27. The number of likely N-dealkylation sites (N-methyl/N-ethyl adjacent to an activating group) is 1. The quantitative estimate of drug-likeness (QED) is 0.239. The van der Waals surface area contributed by atoms with Crippen molar-refractivity contribution in [3.63, 3.8) is 0 Å². The van der Waals surface area contributed by atoms with Crippen LogP contribution in [0.1, 0.15) is 61.8 Å². The molecular formula is C34H39FN8O. The van der Waals surface area contributed by atoms with Gasteiger partial charge in [-0.3, -0.25) is 14.7 Å². The summed E-state index contributed by atoms with van der Waals surface area (Å²) in [6.07, 6.45) is 7.72. The van der Waals surface area contributed by atoms with Crippen molar-refractivity contribution in [2.45, 2.75) is 84.0 Å². The molecule has 2 aliphatic rings. The number of piperidine rings is 1. The fourth-order valence-corrected chi connectivity index (χ4v) is 7.59. The largest absolute Gasteiger partial charge is 0.472 e. The van der Waals surface area contributed by atoms with E-state index >= 15 is 4.39 Å². The monoisotopic (exact) mass is 594 g/mol. The summed E-state index contributed by atoms with van der Waals surface area (Å²) in [7, 11) is 2.13. The van der Waals surface area contributed by atoms with Gasteiger partial charge in [0.15, 0.2) is 5.82 Å². The molecular weight excluding hydrogens is 555 g/mol. The normalized spacial score (nSPS) is 21.8. The third-order valence-corrected chi connectivity index (χ3v) is 10.0. The zero-order valence-electron chi connectivity index (χ0n) is 26.0. The number of hydrogen-bond donors (Lipinski definition) is 2. The van der Waals surface area contributed by atoms with Crippen LogP contribution in [0.2, 0.25) is 0 Å². The average Bonchev–Trinajstić information content (AvgIpc) is 3.76. The Bertz CT molecular complexity index is 1940. The molecule has 2 aliphatic heterocycles. The van der Waals surface area contributed by atoms with Gasteiger partial charge in [0.1, 0.15) is 11.6 Å². The number of nitrogens with one attached hydrogen (secondary N) is 2. The van der Waals surface area contributed by atoms with Crippen LogP contribution in [0, 0.1) is 37.9 Å². The van der Waals surface area contributed by atoms with Gasteiger partial charge in [0.2, 0.25) is 5.88 Å². The molecule has 0 amide bonds. The highest BCUT2D eigenvalue weighted by atomic mass is 19.1. The SMILES string of the molecule is Cc1cc2[nH]ncc2c(-c2c(C)cc3c(nc(OC(C)[C@@H]4CCCN4C)c4cnn([C@H]5CCN[C@H](CC#N)C5)c43)c2F)c1C. The molecule has 5 heterocycles. The predicted molar refractivity (Wildman–Crippen MR) is 170 cm³/mol. The van der Waals surface area contributed by atoms with Gasteiger partial charge in [-0.1, -0.05) is 0 Å². The van der Waals surface area contributed by atoms with Crippen molar-refractivity contribution in [3.8, 4) is 23.1 Å². The van der Waals surface area contributed by atoms with E-state index in [1.165, 1.54) is 0 Å². The molecule has 2 aromatic carbocycles. The minimum absolute atomic E-state index is 0.0663. The van der Waals surface area contributed by atoms with Crippen LogP contribution < -0.4 is 10.1 Å². The maximum Gasteiger partial charge on any atom is 0.225 e. The molecule has 44 heavy (non-hydrogen) atoms. The van der Waals surface area contributed by atoms with Crippen LogP contribution in [-0.4, -0.2) is 68.2 Å². The molecule has 0 aliphatic carbocycles. The van der Waals surface area contributed by atoms with Crippen LogP contribution >= 0.6 is 0 Å². The topological polar surface area (TPSA) is 108 Å². The van der Waals surface area contributed by atoms with E-state index in [1.807, 2.05) is 31.6 Å². The van der Waals surface area contributed by atoms with Gasteiger partial charge < -0.3 is 10.1 Å². The maximum atomic E-state index is 17.2. The number of fused-ring (bicyclic) bond motifs is 4. The standard InChI is InChI=1S/C34H39FN8O/c1-18-14-27-25(16-38-41-27)30(20(18)3)29-19(2)13-24-32(31(29)35)40-34(44-21(4)28-7-6-12-42(28)5)26-17-39-43(33(24)26)23-9-11-37-22(15-23)8-10-36/h13-14,16-17,21-23,28,37H,6-9,11-12,15H2,1-5H3,(H,38,41)/t21?,22-,23+,28+/m1/s1. The number of aromatic amines is 1. The summed E-state index contributed by atoms with van der Waals surface area (Å²) >= 11 is 0. The number of benzene rings is 2. The maximum absolute atomic E-state index is 17.2. The fourth-order valence-electron chi connectivity index (χ4n) is 7.59. The van der Waals surface area contributed by atoms with Crippen molar-refractivity contribution >= 4 is 32.7 Å². The Morgan fingerprint density at radius 3 is 2.73 bits per heavy atom. The zero-order chi connectivity index (χ0) is 30.7. The first-order valence-electron chi connectivity index (χ1n) is 15.7. The Balaban J connectivity index is 1.46. The zero-order valence-corrected chi connectivity index (χ0v) is 26.0. The Morgan fingerprint density at radius 1 is 1.11 bits per heavy atom. The summed E-state index contributed by atoms with van der Waals surface area (Å²) in [5.41, 5.74) is 6.26. The molecule has 4 atom stereocenters.